The lowest BCUT2D eigenvalue weighted by atomic mass is 9.82. The quantitative estimate of drug-likeness (QED) is 0.0349. The number of aliphatic hydroxyl groups is 1. The summed E-state index contributed by atoms with van der Waals surface area (Å²) in [5, 5.41) is 21.0. The van der Waals surface area contributed by atoms with Gasteiger partial charge in [0, 0.05) is 24.3 Å². The second-order valence-electron chi connectivity index (χ2n) is 26.7. The van der Waals surface area contributed by atoms with E-state index in [0.717, 1.165) is 19.3 Å². The summed E-state index contributed by atoms with van der Waals surface area (Å²) >= 11 is 0. The predicted molar refractivity (Wildman–Crippen MR) is 302 cm³/mol. The molecule has 0 heterocycles. The number of rotatable bonds is 28. The summed E-state index contributed by atoms with van der Waals surface area (Å²) in [6, 6.07) is 0. The van der Waals surface area contributed by atoms with Gasteiger partial charge in [0.05, 0.1) is 30.5 Å². The molecular formula is C56H110O7Si4. The molecule has 0 aliphatic carbocycles. The van der Waals surface area contributed by atoms with Crippen LogP contribution in [0.4, 0.5) is 0 Å². The van der Waals surface area contributed by atoms with Crippen molar-refractivity contribution in [1.82, 2.24) is 0 Å². The summed E-state index contributed by atoms with van der Waals surface area (Å²) in [4.78, 5) is 11.3. The van der Waals surface area contributed by atoms with Crippen molar-refractivity contribution in [2.24, 2.45) is 35.5 Å². The summed E-state index contributed by atoms with van der Waals surface area (Å²) < 4.78 is 29.2. The predicted octanol–water partition coefficient (Wildman–Crippen LogP) is 16.8. The molecule has 0 radical (unpaired) electrons. The van der Waals surface area contributed by atoms with Crippen LogP contribution in [-0.2, 0) is 22.5 Å². The van der Waals surface area contributed by atoms with Crippen molar-refractivity contribution in [1.29, 1.82) is 0 Å². The Balaban J connectivity index is 7.20. The molecule has 0 bridgehead atoms. The van der Waals surface area contributed by atoms with Crippen LogP contribution in [0.15, 0.2) is 61.3 Å². The van der Waals surface area contributed by atoms with E-state index in [1.807, 2.05) is 18.2 Å². The maximum Gasteiger partial charge on any atom is 0.328 e. The minimum absolute atomic E-state index is 0.00525. The summed E-state index contributed by atoms with van der Waals surface area (Å²) in [7, 11) is -8.74. The molecule has 0 fully saturated rings. The Labute approximate surface area is 420 Å². The fourth-order valence-electron chi connectivity index (χ4n) is 7.43. The van der Waals surface area contributed by atoms with Crippen LogP contribution >= 0.6 is 0 Å². The molecule has 392 valence electrons. The van der Waals surface area contributed by atoms with Crippen LogP contribution in [0.5, 0.6) is 0 Å². The van der Waals surface area contributed by atoms with E-state index in [9.17, 15) is 15.0 Å². The molecule has 0 spiro atoms. The lowest BCUT2D eigenvalue weighted by Gasteiger charge is -2.44. The normalized spacial score (nSPS) is 19.6. The van der Waals surface area contributed by atoms with Gasteiger partial charge in [0.2, 0.25) is 0 Å². The van der Waals surface area contributed by atoms with Gasteiger partial charge in [0.1, 0.15) is 0 Å². The van der Waals surface area contributed by atoms with E-state index in [-0.39, 0.29) is 74.2 Å². The third-order valence-corrected chi connectivity index (χ3v) is 34.4. The van der Waals surface area contributed by atoms with E-state index in [1.54, 1.807) is 12.2 Å². The molecule has 11 atom stereocenters. The first-order valence-corrected chi connectivity index (χ1v) is 37.5. The van der Waals surface area contributed by atoms with Crippen molar-refractivity contribution in [3.63, 3.8) is 0 Å². The number of aliphatic carboxylic acids is 1. The summed E-state index contributed by atoms with van der Waals surface area (Å²) in [5.74, 6) is -0.136. The standard InChI is InChI=1S/C56H110O7Si4/c1-28-29-32-43(4)51(59)46(7)48(61-65(22,23)54(11,12)13)38-35-41(2)39-45(6)52(63-67(26,27)56(17,18)19)44(5)36-37-47(60-64(20,21)53(8,9)10)40-49(62-66(24,25)55(14,15)16)42(3)33-30-31-34-50(57)58/h28-34,36-37,41-49,51-52,59H,1,35,38-40H2,2-27H3,(H,57,58)/t41-,42+,43-,44-,45-,46-,47+,48+,49-,51-,52-/m0/s1. The van der Waals surface area contributed by atoms with E-state index in [1.165, 1.54) is 6.08 Å². The number of carboxylic acid groups (broad SMARTS) is 1. The molecule has 0 unspecified atom stereocenters. The summed E-state index contributed by atoms with van der Waals surface area (Å²) in [5.41, 5.74) is 0. The molecule has 11 heteroatoms. The Morgan fingerprint density at radius 3 is 1.42 bits per heavy atom. The fourth-order valence-corrected chi connectivity index (χ4v) is 13.1. The molecule has 0 aromatic rings. The highest BCUT2D eigenvalue weighted by Gasteiger charge is 2.45. The molecule has 67 heavy (non-hydrogen) atoms. The van der Waals surface area contributed by atoms with Gasteiger partial charge in [-0.05, 0) is 115 Å². The van der Waals surface area contributed by atoms with E-state index in [0.29, 0.717) is 12.3 Å². The first-order chi connectivity index (χ1) is 29.9. The molecular weight excluding hydrogens is 897 g/mol. The topological polar surface area (TPSA) is 94.5 Å². The van der Waals surface area contributed by atoms with Crippen LogP contribution in [0.25, 0.3) is 0 Å². The van der Waals surface area contributed by atoms with Crippen molar-refractivity contribution in [2.75, 3.05) is 0 Å². The number of allylic oxidation sites excluding steroid dienone is 4. The third-order valence-electron chi connectivity index (χ3n) is 16.5. The molecule has 2 N–H and O–H groups in total. The summed E-state index contributed by atoms with van der Waals surface area (Å²) in [6.07, 6.45) is 19.9. The second-order valence-corrected chi connectivity index (χ2v) is 45.8. The van der Waals surface area contributed by atoms with Gasteiger partial charge in [0.15, 0.2) is 33.3 Å². The van der Waals surface area contributed by atoms with E-state index in [4.69, 9.17) is 17.7 Å². The Morgan fingerprint density at radius 2 is 0.970 bits per heavy atom. The Bertz CT molecular complexity index is 1600. The Kier molecular flexibility index (Phi) is 26.0. The highest BCUT2D eigenvalue weighted by Crippen LogP contribution is 2.44. The molecule has 0 aromatic carbocycles. The first-order valence-electron chi connectivity index (χ1n) is 25.9. The third kappa shape index (κ3) is 22.0. The van der Waals surface area contributed by atoms with Crippen molar-refractivity contribution < 1.29 is 32.7 Å². The Hall–Kier alpha value is -1.16. The second kappa shape index (κ2) is 26.5. The smallest absolute Gasteiger partial charge is 0.328 e. The lowest BCUT2D eigenvalue weighted by Crippen LogP contribution is -2.48. The zero-order valence-electron chi connectivity index (χ0n) is 48.5. The van der Waals surface area contributed by atoms with Crippen LogP contribution in [0.2, 0.25) is 72.5 Å². The SMILES string of the molecule is C=CC=C[C@H](C)[C@H](O)[C@@H](C)[C@@H](CC[C@H](C)C[C@H](C)[C@@H](O[Si](C)(C)C(C)(C)C)[C@@H](C)C=C[C@H](C[C@H](O[Si](C)(C)C(C)(C)C)[C@H](C)C=CC=CC(=O)O)O[Si](C)(C)C(C)(C)C)O[Si](C)(C)C(C)(C)C. The number of carboxylic acids is 1. The van der Waals surface area contributed by atoms with Gasteiger partial charge in [0.25, 0.3) is 0 Å². The average molecular weight is 1010 g/mol. The van der Waals surface area contributed by atoms with E-state index >= 15 is 0 Å². The van der Waals surface area contributed by atoms with Crippen LogP contribution < -0.4 is 0 Å². The fraction of sp³-hybridized carbons (Fsp3) is 0.804. The lowest BCUT2D eigenvalue weighted by molar-refractivity contribution is -0.131. The van der Waals surface area contributed by atoms with E-state index < -0.39 is 45.3 Å². The van der Waals surface area contributed by atoms with Crippen LogP contribution in [0, 0.1) is 35.5 Å². The number of hydrogen-bond donors (Lipinski definition) is 2. The van der Waals surface area contributed by atoms with Gasteiger partial charge in [-0.15, -0.1) is 0 Å². The van der Waals surface area contributed by atoms with Gasteiger partial charge in [-0.25, -0.2) is 4.79 Å². The van der Waals surface area contributed by atoms with Crippen LogP contribution in [0.1, 0.15) is 150 Å². The average Bonchev–Trinajstić information content (AvgIpc) is 3.14. The molecule has 0 amide bonds. The van der Waals surface area contributed by atoms with E-state index in [2.05, 4.69) is 202 Å². The molecule has 0 saturated heterocycles. The van der Waals surface area contributed by atoms with Crippen molar-refractivity contribution in [2.45, 2.75) is 253 Å². The van der Waals surface area contributed by atoms with Crippen molar-refractivity contribution in [3.05, 3.63) is 61.3 Å². The largest absolute Gasteiger partial charge is 0.478 e. The Morgan fingerprint density at radius 1 is 0.537 bits per heavy atom. The minimum Gasteiger partial charge on any atom is -0.478 e. The van der Waals surface area contributed by atoms with Gasteiger partial charge in [-0.1, -0.05) is 180 Å². The number of aliphatic hydroxyl groups excluding tert-OH is 1. The van der Waals surface area contributed by atoms with Gasteiger partial charge in [-0.3, -0.25) is 0 Å². The van der Waals surface area contributed by atoms with Crippen molar-refractivity contribution in [3.8, 4) is 0 Å². The number of hydrogen-bond acceptors (Lipinski definition) is 6. The molecule has 0 rings (SSSR count). The zero-order valence-corrected chi connectivity index (χ0v) is 52.5. The molecule has 7 nitrogen and oxygen atoms in total. The van der Waals surface area contributed by atoms with Gasteiger partial charge < -0.3 is 27.9 Å². The maximum absolute atomic E-state index is 11.6. The molecule has 0 aliphatic heterocycles. The first kappa shape index (κ1) is 65.8. The highest BCUT2D eigenvalue weighted by atomic mass is 28.4. The highest BCUT2D eigenvalue weighted by molar-refractivity contribution is 6.75. The molecule has 0 aromatic heterocycles. The van der Waals surface area contributed by atoms with Crippen LogP contribution in [0.3, 0.4) is 0 Å². The van der Waals surface area contributed by atoms with Gasteiger partial charge >= 0.3 is 5.97 Å². The van der Waals surface area contributed by atoms with Crippen molar-refractivity contribution >= 4 is 39.2 Å². The minimum atomic E-state index is -2.23. The van der Waals surface area contributed by atoms with Crippen LogP contribution in [-0.4, -0.2) is 80.0 Å². The monoisotopic (exact) mass is 1010 g/mol. The zero-order chi connectivity index (χ0) is 52.9. The summed E-state index contributed by atoms with van der Waals surface area (Å²) in [6.45, 7) is 63.6. The van der Waals surface area contributed by atoms with Gasteiger partial charge in [-0.2, -0.15) is 0 Å². The molecule has 0 aliphatic rings. The number of carbonyl (C=O) groups is 1. The maximum atomic E-state index is 11.6. The molecule has 0 saturated carbocycles.